The number of ether oxygens (including phenoxy) is 16. The number of aliphatic hydroxyl groups is 4. The van der Waals surface area contributed by atoms with Crippen LogP contribution in [0.1, 0.15) is 137 Å². The van der Waals surface area contributed by atoms with Gasteiger partial charge in [0.05, 0.1) is 123 Å². The van der Waals surface area contributed by atoms with Crippen LogP contribution in [0.15, 0.2) is 24.3 Å². The van der Waals surface area contributed by atoms with Crippen molar-refractivity contribution in [2.45, 2.75) is 319 Å². The van der Waals surface area contributed by atoms with Crippen LogP contribution in [-0.2, 0) is 80.6 Å². The zero-order valence-corrected chi connectivity index (χ0v) is 47.7. The summed E-state index contributed by atoms with van der Waals surface area (Å²) in [7, 11) is 0. The second-order valence-electron chi connectivity index (χ2n) is 28.4. The molecule has 0 saturated carbocycles. The molecule has 0 aromatic heterocycles. The normalized spacial score (nSPS) is 59.6. The molecule has 21 nitrogen and oxygen atoms in total. The Kier molecular flexibility index (Phi) is 13.6. The number of fused-ring (bicyclic) bond motifs is 11. The summed E-state index contributed by atoms with van der Waals surface area (Å²) in [4.78, 5) is 14.6. The SMILES string of the molecule is C=C1C2C[C@@H]3O[C@H]4C[C@H]5O[C@]6(C[C@@H]7O[C@]8(C[C@H](C)C9O[C@@H]%10C[C@@H]([C@@H](O)CO)O[C@@H]%10C[C@@H]9O8)C[C@H](C)[C@@H]7O6)C[C@H]5O[C@H]4[C@H](C)[C@H]3OC(=O)C[C@H]3CC[C@@H]4OC5C6O[C@]7(O)[C@H]5O[C@@](CC[C@H]5CC(=C)[C@H](CC[C@@H](C[C@H]1C)O2)O5)(O[C@H]6[C@H]4O3)[C@@H]7O. The monoisotopic (exact) mass is 1150 g/mol. The quantitative estimate of drug-likeness (QED) is 0.228. The first-order chi connectivity index (χ1) is 39.3. The minimum atomic E-state index is -2.03. The third-order valence-corrected chi connectivity index (χ3v) is 22.9. The van der Waals surface area contributed by atoms with Gasteiger partial charge in [0.15, 0.2) is 17.7 Å². The van der Waals surface area contributed by atoms with Gasteiger partial charge in [-0.25, -0.2) is 0 Å². The van der Waals surface area contributed by atoms with Crippen LogP contribution in [0.5, 0.6) is 0 Å². The van der Waals surface area contributed by atoms with E-state index in [1.165, 1.54) is 0 Å². The van der Waals surface area contributed by atoms with Crippen LogP contribution >= 0.6 is 0 Å². The molecule has 17 fully saturated rings. The predicted octanol–water partition coefficient (Wildman–Crippen LogP) is 3.62. The number of hydrogen-bond acceptors (Lipinski definition) is 21. The minimum absolute atomic E-state index is 0.0316. The Morgan fingerprint density at radius 3 is 2.06 bits per heavy atom. The van der Waals surface area contributed by atoms with Crippen molar-refractivity contribution in [1.82, 2.24) is 0 Å². The van der Waals surface area contributed by atoms with Gasteiger partial charge in [0.2, 0.25) is 11.6 Å². The molecule has 4 unspecified atom stereocenters. The van der Waals surface area contributed by atoms with Gasteiger partial charge in [0.25, 0.3) is 0 Å². The van der Waals surface area contributed by atoms with Gasteiger partial charge in [0, 0.05) is 63.7 Å². The zero-order valence-electron chi connectivity index (χ0n) is 47.7. The molecule has 17 rings (SSSR count). The second kappa shape index (κ2) is 20.1. The van der Waals surface area contributed by atoms with Crippen LogP contribution < -0.4 is 0 Å². The molecule has 82 heavy (non-hydrogen) atoms. The predicted molar refractivity (Wildman–Crippen MR) is 279 cm³/mol. The van der Waals surface area contributed by atoms with Crippen LogP contribution in [0.3, 0.4) is 0 Å². The smallest absolute Gasteiger partial charge is 0.308 e. The highest BCUT2D eigenvalue weighted by Crippen LogP contribution is 2.60. The molecule has 12 bridgehead atoms. The van der Waals surface area contributed by atoms with Crippen molar-refractivity contribution in [1.29, 1.82) is 0 Å². The third-order valence-electron chi connectivity index (χ3n) is 22.9. The topological polar surface area (TPSA) is 246 Å². The van der Waals surface area contributed by atoms with Crippen molar-refractivity contribution in [2.24, 2.45) is 23.7 Å². The highest BCUT2D eigenvalue weighted by Gasteiger charge is 2.79. The molecule has 0 aromatic rings. The van der Waals surface area contributed by atoms with Crippen LogP contribution in [0.4, 0.5) is 0 Å². The van der Waals surface area contributed by atoms with Gasteiger partial charge in [-0.2, -0.15) is 0 Å². The van der Waals surface area contributed by atoms with Crippen LogP contribution in [0.2, 0.25) is 0 Å². The Bertz CT molecular complexity index is 2500. The van der Waals surface area contributed by atoms with Gasteiger partial charge in [-0.3, -0.25) is 4.79 Å². The summed E-state index contributed by atoms with van der Waals surface area (Å²) in [5.41, 5.74) is 2.01. The van der Waals surface area contributed by atoms with E-state index in [4.69, 9.17) is 75.8 Å². The lowest BCUT2D eigenvalue weighted by Gasteiger charge is -2.54. The van der Waals surface area contributed by atoms with E-state index in [0.29, 0.717) is 83.5 Å². The highest BCUT2D eigenvalue weighted by atomic mass is 16.8. The molecule has 17 aliphatic rings. The van der Waals surface area contributed by atoms with E-state index in [2.05, 4.69) is 40.9 Å². The lowest BCUT2D eigenvalue weighted by Crippen LogP contribution is -2.63. The number of carbonyl (C=O) groups is 1. The summed E-state index contributed by atoms with van der Waals surface area (Å²) in [6.45, 7) is 17.4. The fourth-order valence-corrected chi connectivity index (χ4v) is 18.9. The molecule has 17 heterocycles. The molecule has 456 valence electrons. The lowest BCUT2D eigenvalue weighted by atomic mass is 9.78. The van der Waals surface area contributed by atoms with E-state index in [-0.39, 0.29) is 122 Å². The van der Waals surface area contributed by atoms with Crippen LogP contribution in [0, 0.1) is 23.7 Å². The summed E-state index contributed by atoms with van der Waals surface area (Å²) in [5, 5.41) is 43.8. The maximum atomic E-state index is 14.6. The molecule has 4 N–H and O–H groups in total. The number of hydrogen-bond donors (Lipinski definition) is 4. The Balaban J connectivity index is 0.633. The first kappa shape index (κ1) is 55.5. The first-order valence-electron chi connectivity index (χ1n) is 31.6. The van der Waals surface area contributed by atoms with Crippen molar-refractivity contribution in [2.75, 3.05) is 6.61 Å². The number of carbonyl (C=O) groups excluding carboxylic acids is 1. The van der Waals surface area contributed by atoms with Crippen LogP contribution in [0.25, 0.3) is 0 Å². The Hall–Kier alpha value is -1.81. The molecule has 17 saturated heterocycles. The lowest BCUT2D eigenvalue weighted by molar-refractivity contribution is -0.369. The number of esters is 1. The van der Waals surface area contributed by atoms with E-state index >= 15 is 0 Å². The number of aliphatic hydroxyl groups excluding tert-OH is 3. The van der Waals surface area contributed by atoms with Crippen molar-refractivity contribution in [3.05, 3.63) is 24.3 Å². The Labute approximate surface area is 478 Å². The maximum absolute atomic E-state index is 14.6. The molecule has 0 aliphatic carbocycles. The van der Waals surface area contributed by atoms with Gasteiger partial charge in [-0.15, -0.1) is 0 Å². The third kappa shape index (κ3) is 8.87. The zero-order chi connectivity index (χ0) is 56.1. The van der Waals surface area contributed by atoms with E-state index < -0.39 is 108 Å². The molecule has 21 heteroatoms. The van der Waals surface area contributed by atoms with Gasteiger partial charge in [0.1, 0.15) is 42.7 Å². The Morgan fingerprint density at radius 2 is 1.22 bits per heavy atom. The van der Waals surface area contributed by atoms with Crippen molar-refractivity contribution < 1.29 is 101 Å². The van der Waals surface area contributed by atoms with Gasteiger partial charge >= 0.3 is 5.97 Å². The molecule has 0 radical (unpaired) electrons. The molecule has 0 aromatic carbocycles. The standard InChI is InChI=1S/C61H86O21/c1-25-13-31-7-9-35-26(2)14-33(67-35)11-12-60-57(65)61(66)56(82-60)55-54(81-61)53(80-60)52-36(72-55)10-8-32(69-52)15-47(64)75-51-30(6)50-43(71-42(51)16-37(68-31)29(25)5)19-41-45(74-50)22-59(76-41)23-46-49(79-59)28(4)21-58(78-46)20-27(3)48-44(77-58)18-39-40(73-48)17-38(70-39)34(63)24-62/h25,27-28,30-46,48-57,62-63,65-66H,2,5,7-24H2,1,3-4,6H3/t25-,27+,28+,30+,31+,32-,33+,34+,35+,36+,37?,38+,39-,40-,41-,42+,43+,44+,45-,46+,48?,49+,50+,51-,52+,53+,54?,55?,56+,57+,58-,59-,60-,61-/m1/s1. The molecule has 17 aliphatic heterocycles. The summed E-state index contributed by atoms with van der Waals surface area (Å²) in [6.07, 6.45) is -3.21. The van der Waals surface area contributed by atoms with E-state index in [0.717, 1.165) is 24.0 Å². The number of rotatable bonds is 2. The summed E-state index contributed by atoms with van der Waals surface area (Å²) < 4.78 is 109. The Morgan fingerprint density at radius 1 is 0.537 bits per heavy atom. The van der Waals surface area contributed by atoms with E-state index in [9.17, 15) is 25.2 Å². The van der Waals surface area contributed by atoms with E-state index in [1.807, 2.05) is 0 Å². The summed E-state index contributed by atoms with van der Waals surface area (Å²) in [6, 6.07) is 0. The first-order valence-corrected chi connectivity index (χ1v) is 31.6. The van der Waals surface area contributed by atoms with Gasteiger partial charge in [-0.05, 0) is 73.8 Å². The van der Waals surface area contributed by atoms with Crippen molar-refractivity contribution in [3.63, 3.8) is 0 Å². The molecule has 34 atom stereocenters. The molecular weight excluding hydrogens is 1070 g/mol. The van der Waals surface area contributed by atoms with Crippen molar-refractivity contribution in [3.8, 4) is 0 Å². The molecule has 0 amide bonds. The summed E-state index contributed by atoms with van der Waals surface area (Å²) >= 11 is 0. The van der Waals surface area contributed by atoms with E-state index in [1.54, 1.807) is 0 Å². The van der Waals surface area contributed by atoms with Crippen LogP contribution in [-0.4, -0.2) is 215 Å². The molecular formula is C61H86O21. The fraction of sp³-hybridized carbons (Fsp3) is 0.918. The highest BCUT2D eigenvalue weighted by molar-refractivity contribution is 5.70. The van der Waals surface area contributed by atoms with Crippen molar-refractivity contribution >= 4 is 5.97 Å². The largest absolute Gasteiger partial charge is 0.459 e. The minimum Gasteiger partial charge on any atom is -0.459 e. The van der Waals surface area contributed by atoms with Gasteiger partial charge < -0.3 is 96.2 Å². The fourth-order valence-electron chi connectivity index (χ4n) is 18.9. The van der Waals surface area contributed by atoms with Gasteiger partial charge in [-0.1, -0.05) is 40.9 Å². The average Bonchev–Trinajstić information content (AvgIpc) is 2.22. The summed E-state index contributed by atoms with van der Waals surface area (Å²) in [5.74, 6) is -5.68. The maximum Gasteiger partial charge on any atom is 0.308 e. The average molecular weight is 1160 g/mol. The molecule has 3 spiro atoms. The second-order valence-corrected chi connectivity index (χ2v) is 28.4.